The van der Waals surface area contributed by atoms with Crippen LogP contribution >= 0.6 is 0 Å². The van der Waals surface area contributed by atoms with Crippen molar-refractivity contribution >= 4 is 0 Å². The van der Waals surface area contributed by atoms with Gasteiger partial charge in [-0.05, 0) is 6.07 Å². The lowest BCUT2D eigenvalue weighted by molar-refractivity contribution is 0.298. The van der Waals surface area contributed by atoms with Crippen LogP contribution in [0, 0.1) is 11.2 Å². The molecule has 0 bridgehead atoms. The van der Waals surface area contributed by atoms with Crippen molar-refractivity contribution in [3.63, 3.8) is 0 Å². The molecule has 6 heteroatoms. The van der Waals surface area contributed by atoms with Crippen molar-refractivity contribution < 1.29 is 13.3 Å². The van der Waals surface area contributed by atoms with Gasteiger partial charge < -0.3 is 13.3 Å². The van der Waals surface area contributed by atoms with Crippen LogP contribution in [0.25, 0.3) is 0 Å². The quantitative estimate of drug-likeness (QED) is 0.622. The first-order valence-corrected chi connectivity index (χ1v) is 3.97. The van der Waals surface area contributed by atoms with E-state index in [1.54, 1.807) is 0 Å². The summed E-state index contributed by atoms with van der Waals surface area (Å²) in [6, 6.07) is 3.34. The Bertz CT molecular complexity index is 621. The van der Waals surface area contributed by atoms with Crippen LogP contribution in [-0.2, 0) is 0 Å². The normalized spacial score (nSPS) is 9.87. The summed E-state index contributed by atoms with van der Waals surface area (Å²) in [5, 5.41) is 0. The van der Waals surface area contributed by atoms with Crippen LogP contribution in [0.1, 0.15) is 0 Å². The smallest absolute Gasteiger partial charge is 0.358 e. The lowest BCUT2D eigenvalue weighted by atomic mass is 10.6. The zero-order valence-corrected chi connectivity index (χ0v) is 7.38. The molecule has 0 atom stereocenters. The summed E-state index contributed by atoms with van der Waals surface area (Å²) in [5.41, 5.74) is -1.91. The Morgan fingerprint density at radius 3 is 2.60 bits per heavy atom. The van der Waals surface area contributed by atoms with Gasteiger partial charge in [-0.15, -0.1) is 0 Å². The third kappa shape index (κ3) is 2.11. The molecule has 0 saturated carbocycles. The van der Waals surface area contributed by atoms with E-state index in [2.05, 4.69) is 4.98 Å². The average molecular weight is 207 g/mol. The predicted octanol–water partition coefficient (Wildman–Crippen LogP) is 0.430. The molecular weight excluding hydrogens is 202 g/mol. The zero-order chi connectivity index (χ0) is 10.7. The van der Waals surface area contributed by atoms with Crippen molar-refractivity contribution in [2.75, 3.05) is 0 Å². The molecule has 0 aromatic rings. The second kappa shape index (κ2) is 3.79. The van der Waals surface area contributed by atoms with Gasteiger partial charge in [0.15, 0.2) is 0 Å². The van der Waals surface area contributed by atoms with Gasteiger partial charge in [-0.25, -0.2) is 14.6 Å². The fourth-order valence-electron chi connectivity index (χ4n) is 0.877. The molecule has 2 aliphatic rings. The predicted molar refractivity (Wildman–Crippen MR) is 46.5 cm³/mol. The number of hydrogen-bond donors (Lipinski definition) is 0. The number of aromatic nitrogens is 1. The van der Waals surface area contributed by atoms with Crippen LogP contribution in [0.5, 0.6) is 0 Å². The first-order valence-electron chi connectivity index (χ1n) is 3.97. The molecule has 76 valence electrons. The molecule has 0 saturated heterocycles. The molecular formula is C9H5NO5. The van der Waals surface area contributed by atoms with E-state index >= 15 is 0 Å². The minimum Gasteiger partial charge on any atom is -0.430 e. The minimum absolute atomic E-state index is 0.192. The largest absolute Gasteiger partial charge is 0.430 e. The highest BCUT2D eigenvalue weighted by Crippen LogP contribution is 1.87. The van der Waals surface area contributed by atoms with Crippen molar-refractivity contribution in [2.45, 2.75) is 0 Å². The Kier molecular flexibility index (Phi) is 2.32. The minimum atomic E-state index is -0.732. The van der Waals surface area contributed by atoms with Gasteiger partial charge in [0.25, 0.3) is 0 Å². The second-order valence-corrected chi connectivity index (χ2v) is 2.49. The standard InChI is InChI=1S/C9H5NO5/c11-6-2-3-7(12)15-9-8(14-6)10-4-1-5-13-9/h1-5H. The molecule has 0 amide bonds. The van der Waals surface area contributed by atoms with E-state index < -0.39 is 11.3 Å². The van der Waals surface area contributed by atoms with Crippen molar-refractivity contribution in [1.29, 1.82) is 0 Å². The summed E-state index contributed by atoms with van der Waals surface area (Å²) in [5.74, 6) is 0. The van der Waals surface area contributed by atoms with Crippen LogP contribution in [0.3, 0.4) is 0 Å². The SMILES string of the molecule is O=c1ccc(=O)oc2occcnc=2o1. The molecule has 0 aliphatic carbocycles. The maximum atomic E-state index is 11.0. The average Bonchev–Trinajstić information content (AvgIpc) is 2.40. The summed E-state index contributed by atoms with van der Waals surface area (Å²) >= 11 is 0. The molecule has 0 unspecified atom stereocenters. The van der Waals surface area contributed by atoms with Crippen molar-refractivity contribution in [3.8, 4) is 0 Å². The van der Waals surface area contributed by atoms with Gasteiger partial charge in [-0.1, -0.05) is 0 Å². The van der Waals surface area contributed by atoms with Crippen LogP contribution in [0.2, 0.25) is 0 Å². The van der Waals surface area contributed by atoms with Crippen LogP contribution in [0.15, 0.2) is 53.5 Å². The molecule has 0 spiro atoms. The molecule has 0 N–H and O–H groups in total. The third-order valence-electron chi connectivity index (χ3n) is 1.45. The molecule has 6 nitrogen and oxygen atoms in total. The fourth-order valence-corrected chi connectivity index (χ4v) is 0.877. The van der Waals surface area contributed by atoms with E-state index in [0.29, 0.717) is 0 Å². The van der Waals surface area contributed by atoms with Crippen LogP contribution in [-0.4, -0.2) is 4.98 Å². The Hall–Kier alpha value is -2.37. The number of hydrogen-bond acceptors (Lipinski definition) is 6. The summed E-state index contributed by atoms with van der Waals surface area (Å²) in [4.78, 5) is 25.8. The topological polar surface area (TPSA) is 86.5 Å². The lowest BCUT2D eigenvalue weighted by Gasteiger charge is -1.79. The van der Waals surface area contributed by atoms with Gasteiger partial charge in [0, 0.05) is 18.3 Å². The number of rotatable bonds is 0. The monoisotopic (exact) mass is 207 g/mol. The highest BCUT2D eigenvalue weighted by molar-refractivity contribution is 4.80. The van der Waals surface area contributed by atoms with E-state index in [1.807, 2.05) is 0 Å². The van der Waals surface area contributed by atoms with Crippen molar-refractivity contribution in [2.24, 2.45) is 0 Å². The Morgan fingerprint density at radius 1 is 1.07 bits per heavy atom. The molecule has 2 heterocycles. The van der Waals surface area contributed by atoms with Gasteiger partial charge in [-0.3, -0.25) is 0 Å². The third-order valence-corrected chi connectivity index (χ3v) is 1.45. The Labute approximate surface area is 81.8 Å². The molecule has 0 aromatic heterocycles. The highest BCUT2D eigenvalue weighted by atomic mass is 16.5. The van der Waals surface area contributed by atoms with E-state index in [4.69, 9.17) is 13.3 Å². The maximum Gasteiger partial charge on any atom is 0.358 e. The van der Waals surface area contributed by atoms with Crippen LogP contribution in [0.4, 0.5) is 0 Å². The molecule has 2 rings (SSSR count). The van der Waals surface area contributed by atoms with Crippen molar-refractivity contribution in [3.05, 3.63) is 62.7 Å². The number of nitrogens with zero attached hydrogens (tertiary/aromatic N) is 1. The summed E-state index contributed by atoms with van der Waals surface area (Å²) in [6.45, 7) is 0. The molecule has 0 aromatic carbocycles. The fraction of sp³-hybridized carbons (Fsp3) is 0. The van der Waals surface area contributed by atoms with Gasteiger partial charge in [0.2, 0.25) is 0 Å². The van der Waals surface area contributed by atoms with Crippen molar-refractivity contribution in [1.82, 2.24) is 4.98 Å². The molecule has 0 fully saturated rings. The summed E-state index contributed by atoms with van der Waals surface area (Å²) in [7, 11) is 0. The first-order chi connectivity index (χ1) is 7.25. The molecule has 2 aliphatic heterocycles. The van der Waals surface area contributed by atoms with Crippen LogP contribution < -0.4 is 11.3 Å². The van der Waals surface area contributed by atoms with E-state index in [9.17, 15) is 9.59 Å². The Balaban J connectivity index is 3.16. The van der Waals surface area contributed by atoms with Gasteiger partial charge in [0.1, 0.15) is 0 Å². The second-order valence-electron chi connectivity index (χ2n) is 2.49. The van der Waals surface area contributed by atoms with Gasteiger partial charge >= 0.3 is 22.4 Å². The molecule has 0 radical (unpaired) electrons. The summed E-state index contributed by atoms with van der Waals surface area (Å²) < 4.78 is 14.3. The molecule has 15 heavy (non-hydrogen) atoms. The van der Waals surface area contributed by atoms with Gasteiger partial charge in [-0.2, -0.15) is 0 Å². The maximum absolute atomic E-state index is 11.0. The van der Waals surface area contributed by atoms with E-state index in [-0.39, 0.29) is 11.2 Å². The summed E-state index contributed by atoms with van der Waals surface area (Å²) in [6.07, 6.45) is 2.59. The Morgan fingerprint density at radius 2 is 1.80 bits per heavy atom. The van der Waals surface area contributed by atoms with E-state index in [1.165, 1.54) is 18.5 Å². The van der Waals surface area contributed by atoms with Gasteiger partial charge in [0.05, 0.1) is 6.26 Å². The first kappa shape index (κ1) is 9.20. The van der Waals surface area contributed by atoms with E-state index in [0.717, 1.165) is 12.1 Å². The lowest BCUT2D eigenvalue weighted by Crippen LogP contribution is -2.00. The zero-order valence-electron chi connectivity index (χ0n) is 7.38. The highest BCUT2D eigenvalue weighted by Gasteiger charge is 1.93.